The van der Waals surface area contributed by atoms with E-state index >= 15 is 0 Å². The summed E-state index contributed by atoms with van der Waals surface area (Å²) in [6, 6.07) is 0.441. The zero-order chi connectivity index (χ0) is 13.4. The maximum Gasteiger partial charge on any atom is 0.323 e. The summed E-state index contributed by atoms with van der Waals surface area (Å²) >= 11 is 0. The van der Waals surface area contributed by atoms with Crippen molar-refractivity contribution in [2.45, 2.75) is 58.0 Å². The fraction of sp³-hybridized carbons (Fsp3) is 0.929. The molecule has 1 fully saturated rings. The van der Waals surface area contributed by atoms with E-state index in [4.69, 9.17) is 4.74 Å². The van der Waals surface area contributed by atoms with Gasteiger partial charge in [-0.1, -0.05) is 19.8 Å². The molecule has 0 aromatic rings. The Labute approximate surface area is 111 Å². The van der Waals surface area contributed by atoms with E-state index in [0.717, 1.165) is 25.9 Å². The number of ether oxygens (including phenoxy) is 1. The second-order valence-electron chi connectivity index (χ2n) is 5.14. The smallest absolute Gasteiger partial charge is 0.323 e. The zero-order valence-corrected chi connectivity index (χ0v) is 12.1. The summed E-state index contributed by atoms with van der Waals surface area (Å²) < 4.78 is 5.17. The molecule has 18 heavy (non-hydrogen) atoms. The Balaban J connectivity index is 2.46. The Morgan fingerprint density at radius 3 is 2.78 bits per heavy atom. The predicted molar refractivity (Wildman–Crippen MR) is 73.6 cm³/mol. The van der Waals surface area contributed by atoms with Crippen LogP contribution in [0, 0.1) is 0 Å². The monoisotopic (exact) mass is 256 g/mol. The van der Waals surface area contributed by atoms with Gasteiger partial charge in [0.25, 0.3) is 0 Å². The number of rotatable bonds is 7. The minimum Gasteiger partial charge on any atom is -0.465 e. The van der Waals surface area contributed by atoms with Crippen LogP contribution in [0.4, 0.5) is 0 Å². The summed E-state index contributed by atoms with van der Waals surface area (Å²) in [6.07, 6.45) is 5.67. The van der Waals surface area contributed by atoms with Crippen LogP contribution in [-0.2, 0) is 9.53 Å². The highest BCUT2D eigenvalue weighted by Gasteiger charge is 2.26. The maximum atomic E-state index is 11.9. The van der Waals surface area contributed by atoms with Gasteiger partial charge < -0.3 is 10.1 Å². The first kappa shape index (κ1) is 15.4. The molecule has 0 spiro atoms. The van der Waals surface area contributed by atoms with Gasteiger partial charge in [-0.2, -0.15) is 0 Å². The highest BCUT2D eigenvalue weighted by molar-refractivity contribution is 5.75. The molecular formula is C14H28N2O2. The fourth-order valence-corrected chi connectivity index (χ4v) is 2.58. The molecular weight excluding hydrogens is 228 g/mol. The number of hydrogen-bond acceptors (Lipinski definition) is 4. The average molecular weight is 256 g/mol. The van der Waals surface area contributed by atoms with Crippen LogP contribution in [0.25, 0.3) is 0 Å². The topological polar surface area (TPSA) is 41.6 Å². The number of nitrogens with one attached hydrogen (secondary N) is 1. The number of esters is 1. The Hall–Kier alpha value is -0.610. The van der Waals surface area contributed by atoms with E-state index in [9.17, 15) is 4.79 Å². The van der Waals surface area contributed by atoms with Crippen molar-refractivity contribution < 1.29 is 9.53 Å². The third-order valence-corrected chi connectivity index (χ3v) is 3.57. The lowest BCUT2D eigenvalue weighted by atomic mass is 10.0. The van der Waals surface area contributed by atoms with E-state index in [-0.39, 0.29) is 12.0 Å². The standard InChI is InChI=1S/C14H28N2O2/c1-4-8-13(14(17)18-5-2)16(3)11-12-9-6-7-10-15-12/h12-13,15H,4-11H2,1-3H3. The third kappa shape index (κ3) is 4.94. The molecule has 2 unspecified atom stereocenters. The van der Waals surface area contributed by atoms with Crippen molar-refractivity contribution in [2.24, 2.45) is 0 Å². The summed E-state index contributed by atoms with van der Waals surface area (Å²) in [4.78, 5) is 14.1. The number of piperidine rings is 1. The van der Waals surface area contributed by atoms with Crippen molar-refractivity contribution in [1.29, 1.82) is 0 Å². The molecule has 1 heterocycles. The van der Waals surface area contributed by atoms with Gasteiger partial charge in [-0.25, -0.2) is 0 Å². The Morgan fingerprint density at radius 2 is 2.22 bits per heavy atom. The lowest BCUT2D eigenvalue weighted by Gasteiger charge is -2.32. The summed E-state index contributed by atoms with van der Waals surface area (Å²) in [7, 11) is 2.04. The average Bonchev–Trinajstić information content (AvgIpc) is 2.37. The van der Waals surface area contributed by atoms with Gasteiger partial charge in [0.05, 0.1) is 6.61 Å². The number of likely N-dealkylation sites (N-methyl/N-ethyl adjacent to an activating group) is 1. The van der Waals surface area contributed by atoms with Gasteiger partial charge in [0.15, 0.2) is 0 Å². The molecule has 2 atom stereocenters. The van der Waals surface area contributed by atoms with E-state index in [1.807, 2.05) is 14.0 Å². The molecule has 1 saturated heterocycles. The molecule has 0 aromatic carbocycles. The van der Waals surface area contributed by atoms with Crippen LogP contribution >= 0.6 is 0 Å². The molecule has 1 N–H and O–H groups in total. The highest BCUT2D eigenvalue weighted by Crippen LogP contribution is 2.12. The lowest BCUT2D eigenvalue weighted by molar-refractivity contribution is -0.149. The number of carbonyl (C=O) groups excluding carboxylic acids is 1. The second-order valence-corrected chi connectivity index (χ2v) is 5.14. The first-order valence-electron chi connectivity index (χ1n) is 7.29. The van der Waals surface area contributed by atoms with Crippen molar-refractivity contribution in [3.63, 3.8) is 0 Å². The Kier molecular flexibility index (Phi) is 7.28. The van der Waals surface area contributed by atoms with Crippen molar-refractivity contribution in [2.75, 3.05) is 26.7 Å². The molecule has 0 aromatic heterocycles. The Morgan fingerprint density at radius 1 is 1.44 bits per heavy atom. The van der Waals surface area contributed by atoms with E-state index in [1.165, 1.54) is 19.3 Å². The lowest BCUT2D eigenvalue weighted by Crippen LogP contribution is -2.48. The minimum absolute atomic E-state index is 0.0716. The van der Waals surface area contributed by atoms with Crippen LogP contribution in [0.5, 0.6) is 0 Å². The van der Waals surface area contributed by atoms with Crippen molar-refractivity contribution in [3.05, 3.63) is 0 Å². The number of nitrogens with zero attached hydrogens (tertiary/aromatic N) is 1. The molecule has 1 rings (SSSR count). The normalized spacial score (nSPS) is 21.9. The van der Waals surface area contributed by atoms with Crippen LogP contribution in [0.3, 0.4) is 0 Å². The molecule has 0 amide bonds. The molecule has 0 saturated carbocycles. The molecule has 1 aliphatic heterocycles. The summed E-state index contributed by atoms with van der Waals surface area (Å²) in [5.74, 6) is -0.0716. The largest absolute Gasteiger partial charge is 0.465 e. The fourth-order valence-electron chi connectivity index (χ4n) is 2.58. The van der Waals surface area contributed by atoms with E-state index in [1.54, 1.807) is 0 Å². The zero-order valence-electron chi connectivity index (χ0n) is 12.1. The molecule has 4 heteroatoms. The van der Waals surface area contributed by atoms with Crippen LogP contribution in [0.2, 0.25) is 0 Å². The van der Waals surface area contributed by atoms with Crippen molar-refractivity contribution in [3.8, 4) is 0 Å². The molecule has 4 nitrogen and oxygen atoms in total. The van der Waals surface area contributed by atoms with Gasteiger partial charge in [0.2, 0.25) is 0 Å². The summed E-state index contributed by atoms with van der Waals surface area (Å²) in [5, 5.41) is 3.52. The highest BCUT2D eigenvalue weighted by atomic mass is 16.5. The summed E-state index contributed by atoms with van der Waals surface area (Å²) in [6.45, 7) is 6.48. The minimum atomic E-state index is -0.0846. The number of carbonyl (C=O) groups is 1. The molecule has 0 aliphatic carbocycles. The van der Waals surface area contributed by atoms with Crippen molar-refractivity contribution in [1.82, 2.24) is 10.2 Å². The van der Waals surface area contributed by atoms with Crippen molar-refractivity contribution >= 4 is 5.97 Å². The Bertz CT molecular complexity index is 240. The van der Waals surface area contributed by atoms with Gasteiger partial charge in [0.1, 0.15) is 6.04 Å². The quantitative estimate of drug-likeness (QED) is 0.705. The van der Waals surface area contributed by atoms with Crippen LogP contribution < -0.4 is 5.32 Å². The molecule has 0 radical (unpaired) electrons. The second kappa shape index (κ2) is 8.48. The van der Waals surface area contributed by atoms with Gasteiger partial charge >= 0.3 is 5.97 Å². The van der Waals surface area contributed by atoms with Gasteiger partial charge in [-0.05, 0) is 39.8 Å². The SMILES string of the molecule is CCCC(C(=O)OCC)N(C)CC1CCCCN1. The number of hydrogen-bond donors (Lipinski definition) is 1. The van der Waals surface area contributed by atoms with Crippen LogP contribution in [0.15, 0.2) is 0 Å². The van der Waals surface area contributed by atoms with E-state index < -0.39 is 0 Å². The van der Waals surface area contributed by atoms with Crippen LogP contribution in [-0.4, -0.2) is 49.7 Å². The van der Waals surface area contributed by atoms with Gasteiger partial charge in [0, 0.05) is 12.6 Å². The van der Waals surface area contributed by atoms with Gasteiger partial charge in [-0.3, -0.25) is 9.69 Å². The molecule has 0 bridgehead atoms. The predicted octanol–water partition coefficient (Wildman–Crippen LogP) is 1.79. The maximum absolute atomic E-state index is 11.9. The molecule has 1 aliphatic rings. The van der Waals surface area contributed by atoms with Crippen LogP contribution in [0.1, 0.15) is 46.0 Å². The van der Waals surface area contributed by atoms with E-state index in [0.29, 0.717) is 12.6 Å². The first-order valence-corrected chi connectivity index (χ1v) is 7.29. The molecule has 106 valence electrons. The van der Waals surface area contributed by atoms with Gasteiger partial charge in [-0.15, -0.1) is 0 Å². The third-order valence-electron chi connectivity index (χ3n) is 3.57. The van der Waals surface area contributed by atoms with E-state index in [2.05, 4.69) is 17.1 Å². The summed E-state index contributed by atoms with van der Waals surface area (Å²) in [5.41, 5.74) is 0. The first-order chi connectivity index (χ1) is 8.69.